The van der Waals surface area contributed by atoms with E-state index in [-0.39, 0.29) is 0 Å². The largest absolute Gasteiger partial charge is 0.456 e. The highest BCUT2D eigenvalue weighted by atomic mass is 28.3. The van der Waals surface area contributed by atoms with Crippen molar-refractivity contribution in [3.63, 3.8) is 0 Å². The van der Waals surface area contributed by atoms with Crippen molar-refractivity contribution in [3.8, 4) is 0 Å². The maximum Gasteiger partial charge on any atom is 0.185 e. The van der Waals surface area contributed by atoms with Gasteiger partial charge in [0.05, 0.1) is 0 Å². The fourth-order valence-electron chi connectivity index (χ4n) is 1.09. The minimum absolute atomic E-state index is 0.360. The molecule has 1 heterocycles. The molecule has 0 aromatic carbocycles. The van der Waals surface area contributed by atoms with Crippen molar-refractivity contribution < 1.29 is 13.9 Å². The topological polar surface area (TPSA) is 39.4 Å². The molecule has 1 rings (SSSR count). The van der Waals surface area contributed by atoms with E-state index >= 15 is 0 Å². The molecule has 0 spiro atoms. The molecule has 15 heavy (non-hydrogen) atoms. The molecule has 0 amide bonds. The van der Waals surface area contributed by atoms with Gasteiger partial charge in [0.2, 0.25) is 0 Å². The third kappa shape index (κ3) is 4.95. The lowest BCUT2D eigenvalue weighted by atomic mass is 10.4. The molecule has 0 aliphatic carbocycles. The van der Waals surface area contributed by atoms with Gasteiger partial charge in [-0.05, 0) is 18.2 Å². The smallest absolute Gasteiger partial charge is 0.185 e. The van der Waals surface area contributed by atoms with E-state index in [1.54, 1.807) is 12.1 Å². The predicted molar refractivity (Wildman–Crippen MR) is 61.9 cm³/mol. The summed E-state index contributed by atoms with van der Waals surface area (Å²) in [5, 5.41) is 0. The summed E-state index contributed by atoms with van der Waals surface area (Å²) in [5.74, 6) is 1.08. The van der Waals surface area contributed by atoms with Crippen molar-refractivity contribution >= 4 is 14.4 Å². The predicted octanol–water partition coefficient (Wildman–Crippen LogP) is 2.95. The molecule has 3 nitrogen and oxygen atoms in total. The van der Waals surface area contributed by atoms with Crippen molar-refractivity contribution in [2.75, 3.05) is 6.61 Å². The second kappa shape index (κ2) is 5.28. The van der Waals surface area contributed by atoms with E-state index in [0.717, 1.165) is 12.7 Å². The number of aldehydes is 1. The molecule has 0 saturated carbocycles. The standard InChI is InChI=1S/C11H18O3Si/c1-15(2,3)7-6-13-9-11-5-4-10(8-12)14-11/h4-5,8H,6-7,9H2,1-3H3. The zero-order valence-electron chi connectivity index (χ0n) is 9.58. The van der Waals surface area contributed by atoms with Crippen LogP contribution in [-0.4, -0.2) is 21.0 Å². The SMILES string of the molecule is C[Si](C)(C)CCOCc1ccc(C=O)o1. The lowest BCUT2D eigenvalue weighted by Gasteiger charge is -2.14. The van der Waals surface area contributed by atoms with Gasteiger partial charge in [0.1, 0.15) is 12.4 Å². The first-order chi connectivity index (χ1) is 7.01. The first-order valence-electron chi connectivity index (χ1n) is 5.13. The number of furan rings is 1. The molecule has 0 aliphatic heterocycles. The molecule has 0 unspecified atom stereocenters. The molecular formula is C11H18O3Si. The number of ether oxygens (including phenoxy) is 1. The van der Waals surface area contributed by atoms with Gasteiger partial charge in [-0.2, -0.15) is 0 Å². The third-order valence-electron chi connectivity index (χ3n) is 2.04. The molecule has 0 aliphatic rings. The van der Waals surface area contributed by atoms with E-state index in [1.807, 2.05) is 0 Å². The minimum Gasteiger partial charge on any atom is -0.456 e. The van der Waals surface area contributed by atoms with Crippen molar-refractivity contribution in [1.29, 1.82) is 0 Å². The van der Waals surface area contributed by atoms with E-state index in [2.05, 4.69) is 19.6 Å². The van der Waals surface area contributed by atoms with Crippen LogP contribution >= 0.6 is 0 Å². The van der Waals surface area contributed by atoms with E-state index in [4.69, 9.17) is 9.15 Å². The zero-order chi connectivity index (χ0) is 11.3. The van der Waals surface area contributed by atoms with Gasteiger partial charge in [0.25, 0.3) is 0 Å². The van der Waals surface area contributed by atoms with Gasteiger partial charge >= 0.3 is 0 Å². The number of carbonyl (C=O) groups is 1. The van der Waals surface area contributed by atoms with Gasteiger partial charge in [-0.15, -0.1) is 0 Å². The number of hydrogen-bond acceptors (Lipinski definition) is 3. The molecule has 0 saturated heterocycles. The summed E-state index contributed by atoms with van der Waals surface area (Å²) < 4.78 is 10.7. The Labute approximate surface area is 91.4 Å². The maximum absolute atomic E-state index is 10.4. The third-order valence-corrected chi connectivity index (χ3v) is 3.74. The van der Waals surface area contributed by atoms with Gasteiger partial charge in [0.15, 0.2) is 12.0 Å². The second-order valence-corrected chi connectivity index (χ2v) is 10.4. The average Bonchev–Trinajstić information content (AvgIpc) is 2.59. The summed E-state index contributed by atoms with van der Waals surface area (Å²) in [4.78, 5) is 10.4. The van der Waals surface area contributed by atoms with Crippen LogP contribution in [0, 0.1) is 0 Å². The van der Waals surface area contributed by atoms with E-state index in [1.165, 1.54) is 0 Å². The second-order valence-electron chi connectivity index (χ2n) is 4.79. The van der Waals surface area contributed by atoms with Crippen LogP contribution in [-0.2, 0) is 11.3 Å². The lowest BCUT2D eigenvalue weighted by molar-refractivity contribution is 0.106. The Morgan fingerprint density at radius 3 is 2.67 bits per heavy atom. The van der Waals surface area contributed by atoms with Crippen LogP contribution < -0.4 is 0 Å². The number of carbonyl (C=O) groups excluding carboxylic acids is 1. The van der Waals surface area contributed by atoms with Crippen LogP contribution in [0.25, 0.3) is 0 Å². The molecular weight excluding hydrogens is 208 g/mol. The normalized spacial score (nSPS) is 11.7. The van der Waals surface area contributed by atoms with E-state index < -0.39 is 8.07 Å². The summed E-state index contributed by atoms with van der Waals surface area (Å²) in [5.41, 5.74) is 0. The molecule has 1 aromatic rings. The summed E-state index contributed by atoms with van der Waals surface area (Å²) in [6.45, 7) is 8.17. The first kappa shape index (κ1) is 12.2. The fraction of sp³-hybridized carbons (Fsp3) is 0.545. The minimum atomic E-state index is -1.01. The van der Waals surface area contributed by atoms with Crippen molar-refractivity contribution in [1.82, 2.24) is 0 Å². The van der Waals surface area contributed by atoms with Crippen LogP contribution in [0.3, 0.4) is 0 Å². The van der Waals surface area contributed by atoms with Gasteiger partial charge in [-0.25, -0.2) is 0 Å². The van der Waals surface area contributed by atoms with Gasteiger partial charge in [0, 0.05) is 14.7 Å². The van der Waals surface area contributed by atoms with Crippen molar-refractivity contribution in [3.05, 3.63) is 23.7 Å². The fourth-order valence-corrected chi connectivity index (χ4v) is 1.84. The molecule has 84 valence electrons. The molecule has 1 aromatic heterocycles. The molecule has 0 atom stereocenters. The summed E-state index contributed by atoms with van der Waals surface area (Å²) in [7, 11) is -1.01. The quantitative estimate of drug-likeness (QED) is 0.425. The van der Waals surface area contributed by atoms with Crippen LogP contribution in [0.2, 0.25) is 25.7 Å². The highest BCUT2D eigenvalue weighted by Crippen LogP contribution is 2.10. The van der Waals surface area contributed by atoms with Crippen LogP contribution in [0.1, 0.15) is 16.3 Å². The summed E-state index contributed by atoms with van der Waals surface area (Å²) in [6, 6.07) is 4.58. The average molecular weight is 226 g/mol. The monoisotopic (exact) mass is 226 g/mol. The van der Waals surface area contributed by atoms with Crippen LogP contribution in [0.15, 0.2) is 16.5 Å². The Kier molecular flexibility index (Phi) is 4.29. The Morgan fingerprint density at radius 2 is 2.13 bits per heavy atom. The van der Waals surface area contributed by atoms with Crippen molar-refractivity contribution in [2.24, 2.45) is 0 Å². The van der Waals surface area contributed by atoms with Crippen LogP contribution in [0.5, 0.6) is 0 Å². The van der Waals surface area contributed by atoms with E-state index in [9.17, 15) is 4.79 Å². The zero-order valence-corrected chi connectivity index (χ0v) is 10.6. The van der Waals surface area contributed by atoms with Crippen LogP contribution in [0.4, 0.5) is 0 Å². The highest BCUT2D eigenvalue weighted by Gasteiger charge is 2.12. The van der Waals surface area contributed by atoms with Gasteiger partial charge in [-0.1, -0.05) is 19.6 Å². The summed E-state index contributed by atoms with van der Waals surface area (Å²) >= 11 is 0. The van der Waals surface area contributed by atoms with E-state index in [0.29, 0.717) is 24.4 Å². The Morgan fingerprint density at radius 1 is 1.40 bits per heavy atom. The molecule has 0 N–H and O–H groups in total. The number of hydrogen-bond donors (Lipinski definition) is 0. The number of rotatable bonds is 6. The Balaban J connectivity index is 2.23. The molecule has 0 radical (unpaired) electrons. The first-order valence-corrected chi connectivity index (χ1v) is 8.83. The Bertz CT molecular complexity index is 312. The lowest BCUT2D eigenvalue weighted by Crippen LogP contribution is -2.21. The highest BCUT2D eigenvalue weighted by molar-refractivity contribution is 6.76. The van der Waals surface area contributed by atoms with Crippen molar-refractivity contribution in [2.45, 2.75) is 32.3 Å². The van der Waals surface area contributed by atoms with Gasteiger partial charge in [-0.3, -0.25) is 4.79 Å². The molecule has 4 heteroatoms. The maximum atomic E-state index is 10.4. The van der Waals surface area contributed by atoms with Gasteiger partial charge < -0.3 is 9.15 Å². The molecule has 0 bridgehead atoms. The molecule has 0 fully saturated rings. The summed E-state index contributed by atoms with van der Waals surface area (Å²) in [6.07, 6.45) is 0.700. The Hall–Kier alpha value is -0.873.